The molecule has 6 heteroatoms. The summed E-state index contributed by atoms with van der Waals surface area (Å²) in [5.74, 6) is -4.41. The zero-order valence-electron chi connectivity index (χ0n) is 12.2. The van der Waals surface area contributed by atoms with Crippen LogP contribution in [0, 0.1) is 17.6 Å². The maximum Gasteiger partial charge on any atom is 0.264 e. The number of hydrogen-bond donors (Lipinski definition) is 0. The van der Waals surface area contributed by atoms with E-state index in [4.69, 9.17) is 0 Å². The Balaban J connectivity index is 1.92. The minimum absolute atomic E-state index is 0.0632. The standard InChI is InChI=1S/C17H12F2N2O2/c1-10-15(16(22)11-7-8-13(18)14(19)9-11)17(23)21(20-10)12-5-3-2-4-6-12/h2-9,15H,1H3. The number of benzene rings is 2. The lowest BCUT2D eigenvalue weighted by atomic mass is 9.93. The molecule has 1 atom stereocenters. The summed E-state index contributed by atoms with van der Waals surface area (Å²) in [4.78, 5) is 25.0. The van der Waals surface area contributed by atoms with Crippen LogP contribution in [0.4, 0.5) is 14.5 Å². The highest BCUT2D eigenvalue weighted by atomic mass is 19.2. The minimum Gasteiger partial charge on any atom is -0.293 e. The lowest BCUT2D eigenvalue weighted by Gasteiger charge is -2.13. The van der Waals surface area contributed by atoms with Crippen LogP contribution in [-0.4, -0.2) is 17.4 Å². The van der Waals surface area contributed by atoms with E-state index in [9.17, 15) is 18.4 Å². The Morgan fingerprint density at radius 2 is 1.78 bits per heavy atom. The number of carbonyl (C=O) groups excluding carboxylic acids is 2. The average Bonchev–Trinajstić information content (AvgIpc) is 2.85. The number of Topliss-reactive ketones (excluding diaryl/α,β-unsaturated/α-hetero) is 1. The van der Waals surface area contributed by atoms with E-state index in [1.165, 1.54) is 0 Å². The first-order valence-corrected chi connectivity index (χ1v) is 6.92. The van der Waals surface area contributed by atoms with Crippen LogP contribution in [0.1, 0.15) is 17.3 Å². The average molecular weight is 314 g/mol. The van der Waals surface area contributed by atoms with Gasteiger partial charge in [0.25, 0.3) is 5.91 Å². The van der Waals surface area contributed by atoms with Crippen LogP contribution in [0.15, 0.2) is 53.6 Å². The summed E-state index contributed by atoms with van der Waals surface area (Å²) in [6, 6.07) is 11.5. The highest BCUT2D eigenvalue weighted by molar-refractivity contribution is 6.30. The van der Waals surface area contributed by atoms with Crippen molar-refractivity contribution in [2.24, 2.45) is 11.0 Å². The van der Waals surface area contributed by atoms with Crippen LogP contribution in [0.2, 0.25) is 0 Å². The number of para-hydroxylation sites is 1. The van der Waals surface area contributed by atoms with Crippen molar-refractivity contribution in [1.29, 1.82) is 0 Å². The molecule has 0 aliphatic carbocycles. The normalized spacial score (nSPS) is 17.3. The first-order chi connectivity index (χ1) is 11.0. The fourth-order valence-electron chi connectivity index (χ4n) is 2.44. The molecule has 0 N–H and O–H groups in total. The Labute approximate surface area is 131 Å². The number of ketones is 1. The molecule has 0 saturated heterocycles. The second kappa shape index (κ2) is 5.72. The molecular weight excluding hydrogens is 302 g/mol. The molecule has 2 aromatic rings. The van der Waals surface area contributed by atoms with E-state index >= 15 is 0 Å². The van der Waals surface area contributed by atoms with Crippen molar-refractivity contribution < 1.29 is 18.4 Å². The summed E-state index contributed by atoms with van der Waals surface area (Å²) in [5.41, 5.74) is 0.790. The van der Waals surface area contributed by atoms with Crippen molar-refractivity contribution in [3.63, 3.8) is 0 Å². The zero-order valence-corrected chi connectivity index (χ0v) is 12.2. The summed E-state index contributed by atoms with van der Waals surface area (Å²) in [7, 11) is 0. The number of nitrogens with zero attached hydrogens (tertiary/aromatic N) is 2. The molecule has 0 bridgehead atoms. The molecule has 3 rings (SSSR count). The van der Waals surface area contributed by atoms with E-state index in [1.54, 1.807) is 37.3 Å². The van der Waals surface area contributed by atoms with Crippen molar-refractivity contribution in [3.05, 3.63) is 65.7 Å². The number of rotatable bonds is 3. The summed E-state index contributed by atoms with van der Waals surface area (Å²) in [5, 5.41) is 5.27. The fraction of sp³-hybridized carbons (Fsp3) is 0.118. The highest BCUT2D eigenvalue weighted by Gasteiger charge is 2.40. The zero-order chi connectivity index (χ0) is 16.6. The SMILES string of the molecule is CC1=NN(c2ccccc2)C(=O)C1C(=O)c1ccc(F)c(F)c1. The van der Waals surface area contributed by atoms with Crippen molar-refractivity contribution >= 4 is 23.1 Å². The van der Waals surface area contributed by atoms with Gasteiger partial charge in [0.15, 0.2) is 17.4 Å². The molecule has 23 heavy (non-hydrogen) atoms. The van der Waals surface area contributed by atoms with Crippen molar-refractivity contribution in [2.75, 3.05) is 5.01 Å². The second-order valence-electron chi connectivity index (χ2n) is 5.15. The highest BCUT2D eigenvalue weighted by Crippen LogP contribution is 2.26. The van der Waals surface area contributed by atoms with Crippen molar-refractivity contribution in [2.45, 2.75) is 6.92 Å². The number of amides is 1. The third-order valence-electron chi connectivity index (χ3n) is 3.60. The molecule has 116 valence electrons. The van der Waals surface area contributed by atoms with Gasteiger partial charge in [0.05, 0.1) is 11.4 Å². The fourth-order valence-corrected chi connectivity index (χ4v) is 2.44. The molecule has 0 spiro atoms. The van der Waals surface area contributed by atoms with Crippen LogP contribution in [0.3, 0.4) is 0 Å². The quantitative estimate of drug-likeness (QED) is 0.645. The summed E-state index contributed by atoms with van der Waals surface area (Å²) < 4.78 is 26.3. The van der Waals surface area contributed by atoms with Gasteiger partial charge in [-0.3, -0.25) is 9.59 Å². The van der Waals surface area contributed by atoms with Gasteiger partial charge in [-0.15, -0.1) is 0 Å². The predicted molar refractivity (Wildman–Crippen MR) is 81.2 cm³/mol. The smallest absolute Gasteiger partial charge is 0.264 e. The minimum atomic E-state index is -1.13. The molecule has 1 heterocycles. The lowest BCUT2D eigenvalue weighted by molar-refractivity contribution is -0.118. The van der Waals surface area contributed by atoms with Crippen LogP contribution in [-0.2, 0) is 4.79 Å². The monoisotopic (exact) mass is 314 g/mol. The van der Waals surface area contributed by atoms with Gasteiger partial charge in [0.1, 0.15) is 5.92 Å². The molecule has 1 amide bonds. The van der Waals surface area contributed by atoms with E-state index in [0.29, 0.717) is 11.4 Å². The maximum absolute atomic E-state index is 13.3. The van der Waals surface area contributed by atoms with Crippen molar-refractivity contribution in [3.8, 4) is 0 Å². The Bertz CT molecular complexity index is 819. The summed E-state index contributed by atoms with van der Waals surface area (Å²) in [6.45, 7) is 1.56. The van der Waals surface area contributed by atoms with Crippen LogP contribution in [0.25, 0.3) is 0 Å². The van der Waals surface area contributed by atoms with Gasteiger partial charge in [-0.25, -0.2) is 8.78 Å². The number of hydrogen-bond acceptors (Lipinski definition) is 3. The van der Waals surface area contributed by atoms with Gasteiger partial charge in [0.2, 0.25) is 0 Å². The summed E-state index contributed by atoms with van der Waals surface area (Å²) in [6.07, 6.45) is 0. The van der Waals surface area contributed by atoms with E-state index < -0.39 is 29.2 Å². The first kappa shape index (κ1) is 15.0. The number of anilines is 1. The molecule has 0 saturated carbocycles. The lowest BCUT2D eigenvalue weighted by Crippen LogP contribution is -2.32. The number of hydrazone groups is 1. The predicted octanol–water partition coefficient (Wildman–Crippen LogP) is 3.19. The molecule has 4 nitrogen and oxygen atoms in total. The number of carbonyl (C=O) groups is 2. The number of halogens is 2. The second-order valence-corrected chi connectivity index (χ2v) is 5.15. The molecule has 0 fully saturated rings. The molecular formula is C17H12F2N2O2. The van der Waals surface area contributed by atoms with E-state index in [1.807, 2.05) is 0 Å². The molecule has 1 aliphatic heterocycles. The molecule has 0 radical (unpaired) electrons. The third-order valence-corrected chi connectivity index (χ3v) is 3.60. The molecule has 1 aliphatic rings. The van der Waals surface area contributed by atoms with E-state index in [0.717, 1.165) is 23.2 Å². The largest absolute Gasteiger partial charge is 0.293 e. The Morgan fingerprint density at radius 1 is 1.09 bits per heavy atom. The van der Waals surface area contributed by atoms with Gasteiger partial charge in [0, 0.05) is 5.56 Å². The van der Waals surface area contributed by atoms with Crippen molar-refractivity contribution in [1.82, 2.24) is 0 Å². The first-order valence-electron chi connectivity index (χ1n) is 6.92. The Kier molecular flexibility index (Phi) is 3.73. The Morgan fingerprint density at radius 3 is 2.43 bits per heavy atom. The van der Waals surface area contributed by atoms with Gasteiger partial charge >= 0.3 is 0 Å². The molecule has 1 unspecified atom stereocenters. The van der Waals surface area contributed by atoms with Gasteiger partial charge in [-0.2, -0.15) is 10.1 Å². The van der Waals surface area contributed by atoms with E-state index in [-0.39, 0.29) is 5.56 Å². The topological polar surface area (TPSA) is 49.7 Å². The summed E-state index contributed by atoms with van der Waals surface area (Å²) >= 11 is 0. The van der Waals surface area contributed by atoms with Gasteiger partial charge < -0.3 is 0 Å². The van der Waals surface area contributed by atoms with Crippen LogP contribution >= 0.6 is 0 Å². The van der Waals surface area contributed by atoms with Crippen LogP contribution in [0.5, 0.6) is 0 Å². The van der Waals surface area contributed by atoms with Gasteiger partial charge in [-0.1, -0.05) is 18.2 Å². The van der Waals surface area contributed by atoms with Gasteiger partial charge in [-0.05, 0) is 37.3 Å². The van der Waals surface area contributed by atoms with E-state index in [2.05, 4.69) is 5.10 Å². The van der Waals surface area contributed by atoms with Crippen LogP contribution < -0.4 is 5.01 Å². The third kappa shape index (κ3) is 2.63. The molecule has 2 aromatic carbocycles. The Hall–Kier alpha value is -2.89. The molecule has 0 aromatic heterocycles. The maximum atomic E-state index is 13.3.